The lowest BCUT2D eigenvalue weighted by atomic mass is 10.0. The van der Waals surface area contributed by atoms with Crippen LogP contribution in [0.1, 0.15) is 387 Å². The normalized spacial score (nSPS) is 12.0. The van der Waals surface area contributed by atoms with Crippen LogP contribution in [0, 0.1) is 0 Å². The second-order valence-corrected chi connectivity index (χ2v) is 23.1. The van der Waals surface area contributed by atoms with Crippen LogP contribution in [0.4, 0.5) is 0 Å². The van der Waals surface area contributed by atoms with Crippen LogP contribution >= 0.6 is 0 Å². The number of rotatable bonds is 63. The third kappa shape index (κ3) is 61.0. The summed E-state index contributed by atoms with van der Waals surface area (Å²) in [7, 11) is 0. The lowest BCUT2D eigenvalue weighted by molar-refractivity contribution is -0.167. The number of esters is 3. The summed E-state index contributed by atoms with van der Waals surface area (Å²) in [6, 6.07) is 0. The minimum atomic E-state index is -0.767. The maximum absolute atomic E-state index is 12.8. The molecule has 0 bridgehead atoms. The first-order valence-electron chi connectivity index (χ1n) is 33.7. The Labute approximate surface area is 462 Å². The third-order valence-corrected chi connectivity index (χ3v) is 15.5. The van der Waals surface area contributed by atoms with E-state index in [-0.39, 0.29) is 31.1 Å². The van der Waals surface area contributed by atoms with Crippen molar-refractivity contribution in [3.05, 3.63) is 12.2 Å². The van der Waals surface area contributed by atoms with Crippen LogP contribution in [0.25, 0.3) is 0 Å². The molecule has 0 N–H and O–H groups in total. The van der Waals surface area contributed by atoms with Gasteiger partial charge in [-0.3, -0.25) is 14.4 Å². The summed E-state index contributed by atoms with van der Waals surface area (Å²) < 4.78 is 16.9. The number of allylic oxidation sites excluding steroid dienone is 2. The average Bonchev–Trinajstić information content (AvgIpc) is 3.40. The number of hydrogen-bond donors (Lipinski definition) is 0. The molecule has 0 spiro atoms. The number of hydrogen-bond acceptors (Lipinski definition) is 6. The molecule has 0 aliphatic heterocycles. The number of ether oxygens (including phenoxy) is 3. The summed E-state index contributed by atoms with van der Waals surface area (Å²) in [6.45, 7) is 6.66. The van der Waals surface area contributed by atoms with Crippen molar-refractivity contribution in [3.63, 3.8) is 0 Å². The molecule has 1 unspecified atom stereocenters. The average molecular weight is 1040 g/mol. The molecule has 0 saturated carbocycles. The third-order valence-electron chi connectivity index (χ3n) is 15.5. The van der Waals surface area contributed by atoms with Crippen molar-refractivity contribution < 1.29 is 28.6 Å². The number of unbranched alkanes of at least 4 members (excludes halogenated alkanes) is 50. The second-order valence-electron chi connectivity index (χ2n) is 23.1. The molecule has 0 aromatic heterocycles. The van der Waals surface area contributed by atoms with Gasteiger partial charge in [-0.2, -0.15) is 0 Å². The van der Waals surface area contributed by atoms with E-state index in [9.17, 15) is 14.4 Å². The Kier molecular flexibility index (Phi) is 62.1. The zero-order valence-electron chi connectivity index (χ0n) is 50.4. The van der Waals surface area contributed by atoms with Gasteiger partial charge in [-0.05, 0) is 38.5 Å². The highest BCUT2D eigenvalue weighted by molar-refractivity contribution is 5.71. The van der Waals surface area contributed by atoms with Crippen molar-refractivity contribution >= 4 is 17.9 Å². The fraction of sp³-hybridized carbons (Fsp3) is 0.926. The molecule has 1 atom stereocenters. The molecule has 0 amide bonds. The molecule has 0 saturated heterocycles. The van der Waals surface area contributed by atoms with Gasteiger partial charge in [0.25, 0.3) is 0 Å². The van der Waals surface area contributed by atoms with Crippen LogP contribution in [-0.2, 0) is 28.6 Å². The van der Waals surface area contributed by atoms with Crippen LogP contribution in [0.15, 0.2) is 12.2 Å². The Hall–Kier alpha value is -1.85. The van der Waals surface area contributed by atoms with E-state index in [0.717, 1.165) is 64.2 Å². The van der Waals surface area contributed by atoms with Crippen LogP contribution in [0.3, 0.4) is 0 Å². The van der Waals surface area contributed by atoms with E-state index in [1.165, 1.54) is 283 Å². The summed E-state index contributed by atoms with van der Waals surface area (Å²) in [4.78, 5) is 38.1. The van der Waals surface area contributed by atoms with E-state index in [1.807, 2.05) is 0 Å². The van der Waals surface area contributed by atoms with Gasteiger partial charge < -0.3 is 14.2 Å². The predicted octanol–water partition coefficient (Wildman–Crippen LogP) is 22.8. The van der Waals surface area contributed by atoms with Crippen molar-refractivity contribution in [3.8, 4) is 0 Å². The van der Waals surface area contributed by atoms with E-state index in [1.54, 1.807) is 0 Å². The summed E-state index contributed by atoms with van der Waals surface area (Å²) in [5, 5.41) is 0. The molecule has 0 heterocycles. The fourth-order valence-electron chi connectivity index (χ4n) is 10.4. The van der Waals surface area contributed by atoms with Gasteiger partial charge >= 0.3 is 17.9 Å². The molecule has 0 radical (unpaired) electrons. The standard InChI is InChI=1S/C68H130O6/c1-4-7-10-13-16-19-22-24-25-26-27-28-29-30-31-32-33-34-35-36-37-38-39-40-41-42-43-44-47-49-52-55-58-61-67(70)73-64-65(63-72-66(69)60-57-54-51-48-45-21-18-15-12-9-6-3)74-68(71)62-59-56-53-50-46-23-20-17-14-11-8-5-2/h15,18,65H,4-14,16-17,19-64H2,1-3H3/b18-15-. The molecule has 74 heavy (non-hydrogen) atoms. The smallest absolute Gasteiger partial charge is 0.306 e. The van der Waals surface area contributed by atoms with Gasteiger partial charge in [0.2, 0.25) is 0 Å². The van der Waals surface area contributed by atoms with E-state index >= 15 is 0 Å². The Morgan fingerprint density at radius 1 is 0.257 bits per heavy atom. The maximum Gasteiger partial charge on any atom is 0.306 e. The highest BCUT2D eigenvalue weighted by atomic mass is 16.6. The van der Waals surface area contributed by atoms with Crippen LogP contribution in [0.2, 0.25) is 0 Å². The first kappa shape index (κ1) is 72.2. The lowest BCUT2D eigenvalue weighted by Crippen LogP contribution is -2.30. The molecular formula is C68H130O6. The summed E-state index contributed by atoms with van der Waals surface area (Å²) in [5.41, 5.74) is 0. The van der Waals surface area contributed by atoms with E-state index in [4.69, 9.17) is 14.2 Å². The minimum absolute atomic E-state index is 0.0666. The highest BCUT2D eigenvalue weighted by Gasteiger charge is 2.19. The Morgan fingerprint density at radius 2 is 0.459 bits per heavy atom. The van der Waals surface area contributed by atoms with Crippen molar-refractivity contribution in [1.29, 1.82) is 0 Å². The van der Waals surface area contributed by atoms with Gasteiger partial charge in [0, 0.05) is 19.3 Å². The van der Waals surface area contributed by atoms with E-state index in [2.05, 4.69) is 32.9 Å². The monoisotopic (exact) mass is 1040 g/mol. The van der Waals surface area contributed by atoms with Gasteiger partial charge in [-0.1, -0.05) is 341 Å². The summed E-state index contributed by atoms with van der Waals surface area (Å²) >= 11 is 0. The SMILES string of the molecule is CCCC/C=C\CCCCCCCC(=O)OCC(COC(=O)CCCCCCCCCCCCCCCCCCCCCCCCCCCCCCCCCCC)OC(=O)CCCCCCCCCCCCCC. The number of carbonyl (C=O) groups excluding carboxylic acids is 3. The summed E-state index contributed by atoms with van der Waals surface area (Å²) in [5.74, 6) is -0.852. The Morgan fingerprint density at radius 3 is 0.716 bits per heavy atom. The lowest BCUT2D eigenvalue weighted by Gasteiger charge is -2.18. The van der Waals surface area contributed by atoms with E-state index < -0.39 is 6.10 Å². The topological polar surface area (TPSA) is 78.9 Å². The maximum atomic E-state index is 12.8. The molecule has 0 aromatic carbocycles. The van der Waals surface area contributed by atoms with Crippen LogP contribution in [-0.4, -0.2) is 37.2 Å². The Bertz CT molecular complexity index is 1150. The fourth-order valence-corrected chi connectivity index (χ4v) is 10.4. The zero-order chi connectivity index (χ0) is 53.6. The van der Waals surface area contributed by atoms with Gasteiger partial charge in [0.15, 0.2) is 6.10 Å². The highest BCUT2D eigenvalue weighted by Crippen LogP contribution is 2.19. The zero-order valence-corrected chi connectivity index (χ0v) is 50.4. The van der Waals surface area contributed by atoms with Gasteiger partial charge in [-0.15, -0.1) is 0 Å². The molecule has 0 aliphatic carbocycles. The van der Waals surface area contributed by atoms with Crippen molar-refractivity contribution in [2.45, 2.75) is 393 Å². The largest absolute Gasteiger partial charge is 0.462 e. The van der Waals surface area contributed by atoms with Gasteiger partial charge in [-0.25, -0.2) is 0 Å². The summed E-state index contributed by atoms with van der Waals surface area (Å²) in [6.07, 6.45) is 75.5. The molecule has 6 nitrogen and oxygen atoms in total. The first-order chi connectivity index (χ1) is 36.5. The molecule has 0 rings (SSSR count). The van der Waals surface area contributed by atoms with Gasteiger partial charge in [0.05, 0.1) is 0 Å². The Balaban J connectivity index is 3.96. The predicted molar refractivity (Wildman–Crippen MR) is 321 cm³/mol. The van der Waals surface area contributed by atoms with Crippen molar-refractivity contribution in [2.75, 3.05) is 13.2 Å². The van der Waals surface area contributed by atoms with Gasteiger partial charge in [0.1, 0.15) is 13.2 Å². The molecule has 438 valence electrons. The molecule has 6 heteroatoms. The molecule has 0 fully saturated rings. The molecule has 0 aromatic rings. The molecular weight excluding hydrogens is 913 g/mol. The second kappa shape index (κ2) is 63.7. The van der Waals surface area contributed by atoms with Crippen molar-refractivity contribution in [1.82, 2.24) is 0 Å². The van der Waals surface area contributed by atoms with Crippen molar-refractivity contribution in [2.24, 2.45) is 0 Å². The van der Waals surface area contributed by atoms with Crippen LogP contribution < -0.4 is 0 Å². The quantitative estimate of drug-likeness (QED) is 0.0261. The number of carbonyl (C=O) groups is 3. The van der Waals surface area contributed by atoms with Crippen LogP contribution in [0.5, 0.6) is 0 Å². The minimum Gasteiger partial charge on any atom is -0.462 e. The van der Waals surface area contributed by atoms with E-state index in [0.29, 0.717) is 19.3 Å². The molecule has 0 aliphatic rings. The first-order valence-corrected chi connectivity index (χ1v) is 33.7.